The molecule has 2 aromatic rings. The average Bonchev–Trinajstić information content (AvgIpc) is 2.39. The number of hydrogen-bond acceptors (Lipinski definition) is 3. The second kappa shape index (κ2) is 5.43. The van der Waals surface area contributed by atoms with Crippen LogP contribution in [0.5, 0.6) is 0 Å². The fourth-order valence-corrected chi connectivity index (χ4v) is 1.87. The molecule has 1 aromatic carbocycles. The number of nitrogens with one attached hydrogen (secondary N) is 1. The Morgan fingerprint density at radius 3 is 2.78 bits per heavy atom. The molecule has 4 nitrogen and oxygen atoms in total. The average molecular weight is 302 g/mol. The highest BCUT2D eigenvalue weighted by atomic mass is 79.9. The summed E-state index contributed by atoms with van der Waals surface area (Å²) in [6, 6.07) is 12.2. The van der Waals surface area contributed by atoms with Gasteiger partial charge < -0.3 is 5.32 Å². The molecule has 0 saturated carbocycles. The molecule has 5 heteroatoms. The molecular formula is C13H8BrN3O. The molecule has 0 atom stereocenters. The highest BCUT2D eigenvalue weighted by molar-refractivity contribution is 9.10. The third-order valence-corrected chi connectivity index (χ3v) is 2.93. The maximum Gasteiger partial charge on any atom is 0.258 e. The lowest BCUT2D eigenvalue weighted by molar-refractivity contribution is 0.102. The molecule has 0 spiro atoms. The van der Waals surface area contributed by atoms with Gasteiger partial charge in [-0.05, 0) is 40.2 Å². The highest BCUT2D eigenvalue weighted by Crippen LogP contribution is 2.17. The van der Waals surface area contributed by atoms with E-state index in [1.807, 2.05) is 6.07 Å². The molecule has 1 heterocycles. The number of pyridine rings is 1. The number of anilines is 1. The fraction of sp³-hybridized carbons (Fsp3) is 0. The van der Waals surface area contributed by atoms with Crippen molar-refractivity contribution in [3.63, 3.8) is 0 Å². The summed E-state index contributed by atoms with van der Waals surface area (Å²) in [7, 11) is 0. The Morgan fingerprint density at radius 2 is 2.06 bits per heavy atom. The summed E-state index contributed by atoms with van der Waals surface area (Å²) in [5.74, 6) is -0.308. The second-order valence-electron chi connectivity index (χ2n) is 3.45. The SMILES string of the molecule is N#Cc1ccccc1NC(=O)c1cccnc1Br. The zero-order chi connectivity index (χ0) is 13.0. The van der Waals surface area contributed by atoms with Crippen molar-refractivity contribution in [2.24, 2.45) is 0 Å². The number of aromatic nitrogens is 1. The standard InChI is InChI=1S/C13H8BrN3O/c14-12-10(5-3-7-16-12)13(18)17-11-6-2-1-4-9(11)8-15/h1-7H,(H,17,18). The molecule has 0 fully saturated rings. The van der Waals surface area contributed by atoms with Crippen LogP contribution in [0.15, 0.2) is 47.2 Å². The van der Waals surface area contributed by atoms with Crippen LogP contribution < -0.4 is 5.32 Å². The van der Waals surface area contributed by atoms with Gasteiger partial charge in [0.2, 0.25) is 0 Å². The van der Waals surface area contributed by atoms with Crippen molar-refractivity contribution in [1.82, 2.24) is 4.98 Å². The quantitative estimate of drug-likeness (QED) is 0.867. The molecule has 0 radical (unpaired) electrons. The summed E-state index contributed by atoms with van der Waals surface area (Å²) in [6.45, 7) is 0. The van der Waals surface area contributed by atoms with E-state index in [2.05, 4.69) is 26.2 Å². The first-order valence-corrected chi connectivity index (χ1v) is 5.92. The van der Waals surface area contributed by atoms with Crippen molar-refractivity contribution in [3.8, 4) is 6.07 Å². The summed E-state index contributed by atoms with van der Waals surface area (Å²) in [5.41, 5.74) is 1.33. The van der Waals surface area contributed by atoms with E-state index in [9.17, 15) is 4.79 Å². The van der Waals surface area contributed by atoms with Crippen LogP contribution in [-0.2, 0) is 0 Å². The maximum atomic E-state index is 12.0. The van der Waals surface area contributed by atoms with Gasteiger partial charge >= 0.3 is 0 Å². The molecule has 0 aliphatic rings. The Morgan fingerprint density at radius 1 is 1.28 bits per heavy atom. The molecule has 0 saturated heterocycles. The Kier molecular flexibility index (Phi) is 3.70. The van der Waals surface area contributed by atoms with E-state index in [1.165, 1.54) is 0 Å². The third-order valence-electron chi connectivity index (χ3n) is 2.30. The number of carbonyl (C=O) groups excluding carboxylic acids is 1. The van der Waals surface area contributed by atoms with Crippen LogP contribution in [0, 0.1) is 11.3 Å². The van der Waals surface area contributed by atoms with Gasteiger partial charge in [-0.15, -0.1) is 0 Å². The van der Waals surface area contributed by atoms with E-state index < -0.39 is 0 Å². The predicted octanol–water partition coefficient (Wildman–Crippen LogP) is 2.97. The monoisotopic (exact) mass is 301 g/mol. The number of halogens is 1. The van der Waals surface area contributed by atoms with Crippen molar-refractivity contribution in [2.45, 2.75) is 0 Å². The lowest BCUT2D eigenvalue weighted by atomic mass is 10.2. The highest BCUT2D eigenvalue weighted by Gasteiger charge is 2.11. The van der Waals surface area contributed by atoms with Crippen LogP contribution >= 0.6 is 15.9 Å². The van der Waals surface area contributed by atoms with Gasteiger partial charge in [0.05, 0.1) is 16.8 Å². The normalized spacial score (nSPS) is 9.56. The van der Waals surface area contributed by atoms with E-state index in [0.29, 0.717) is 21.4 Å². The first-order valence-electron chi connectivity index (χ1n) is 5.13. The second-order valence-corrected chi connectivity index (χ2v) is 4.20. The Bertz CT molecular complexity index is 634. The number of rotatable bonds is 2. The molecule has 0 unspecified atom stereocenters. The minimum atomic E-state index is -0.308. The van der Waals surface area contributed by atoms with Gasteiger partial charge in [-0.25, -0.2) is 4.98 Å². The summed E-state index contributed by atoms with van der Waals surface area (Å²) >= 11 is 3.21. The largest absolute Gasteiger partial charge is 0.321 e. The van der Waals surface area contributed by atoms with Crippen LogP contribution in [0.25, 0.3) is 0 Å². The number of carbonyl (C=O) groups is 1. The maximum absolute atomic E-state index is 12.0. The van der Waals surface area contributed by atoms with Crippen molar-refractivity contribution < 1.29 is 4.79 Å². The van der Waals surface area contributed by atoms with E-state index in [1.54, 1.807) is 42.6 Å². The lowest BCUT2D eigenvalue weighted by Gasteiger charge is -2.07. The Hall–Kier alpha value is -2.19. The number of hydrogen-bond donors (Lipinski definition) is 1. The van der Waals surface area contributed by atoms with Crippen molar-refractivity contribution in [3.05, 3.63) is 58.3 Å². The van der Waals surface area contributed by atoms with E-state index in [0.717, 1.165) is 0 Å². The van der Waals surface area contributed by atoms with Crippen LogP contribution in [0.1, 0.15) is 15.9 Å². The summed E-state index contributed by atoms with van der Waals surface area (Å²) in [5, 5.41) is 11.6. The zero-order valence-corrected chi connectivity index (χ0v) is 10.8. The van der Waals surface area contributed by atoms with E-state index in [4.69, 9.17) is 5.26 Å². The van der Waals surface area contributed by atoms with Crippen molar-refractivity contribution >= 4 is 27.5 Å². The number of para-hydroxylation sites is 1. The van der Waals surface area contributed by atoms with Gasteiger partial charge in [0.1, 0.15) is 10.7 Å². The molecule has 2 rings (SSSR count). The molecule has 0 aliphatic carbocycles. The summed E-state index contributed by atoms with van der Waals surface area (Å²) in [6.07, 6.45) is 1.59. The minimum absolute atomic E-state index is 0.308. The van der Waals surface area contributed by atoms with Crippen LogP contribution in [0.2, 0.25) is 0 Å². The van der Waals surface area contributed by atoms with Crippen molar-refractivity contribution in [2.75, 3.05) is 5.32 Å². The third kappa shape index (κ3) is 2.55. The van der Waals surface area contributed by atoms with Gasteiger partial charge in [0.25, 0.3) is 5.91 Å². The van der Waals surface area contributed by atoms with E-state index in [-0.39, 0.29) is 5.91 Å². The molecule has 0 bridgehead atoms. The topological polar surface area (TPSA) is 65.8 Å². The van der Waals surface area contributed by atoms with E-state index >= 15 is 0 Å². The first-order chi connectivity index (χ1) is 8.72. The van der Waals surface area contributed by atoms with Crippen LogP contribution in [0.4, 0.5) is 5.69 Å². The molecule has 1 aromatic heterocycles. The Labute approximate surface area is 112 Å². The molecular weight excluding hydrogens is 294 g/mol. The number of nitriles is 1. The smallest absolute Gasteiger partial charge is 0.258 e. The number of amides is 1. The number of nitrogens with zero attached hydrogens (tertiary/aromatic N) is 2. The molecule has 1 amide bonds. The van der Waals surface area contributed by atoms with Gasteiger partial charge in [-0.1, -0.05) is 12.1 Å². The fourth-order valence-electron chi connectivity index (χ4n) is 1.43. The minimum Gasteiger partial charge on any atom is -0.321 e. The van der Waals surface area contributed by atoms with Crippen LogP contribution in [0.3, 0.4) is 0 Å². The molecule has 88 valence electrons. The zero-order valence-electron chi connectivity index (χ0n) is 9.22. The summed E-state index contributed by atoms with van der Waals surface area (Å²) < 4.78 is 0.469. The lowest BCUT2D eigenvalue weighted by Crippen LogP contribution is -2.13. The molecule has 0 aliphatic heterocycles. The number of benzene rings is 1. The first kappa shape index (κ1) is 12.3. The van der Waals surface area contributed by atoms with Gasteiger partial charge in [-0.3, -0.25) is 4.79 Å². The molecule has 1 N–H and O–H groups in total. The van der Waals surface area contributed by atoms with Gasteiger partial charge in [0, 0.05) is 6.20 Å². The predicted molar refractivity (Wildman–Crippen MR) is 71.0 cm³/mol. The van der Waals surface area contributed by atoms with Crippen LogP contribution in [-0.4, -0.2) is 10.9 Å². The van der Waals surface area contributed by atoms with Gasteiger partial charge in [-0.2, -0.15) is 5.26 Å². The van der Waals surface area contributed by atoms with Crippen molar-refractivity contribution in [1.29, 1.82) is 5.26 Å². The summed E-state index contributed by atoms with van der Waals surface area (Å²) in [4.78, 5) is 16.0. The molecule has 18 heavy (non-hydrogen) atoms. The van der Waals surface area contributed by atoms with Gasteiger partial charge in [0.15, 0.2) is 0 Å². The Balaban J connectivity index is 2.28.